The highest BCUT2D eigenvalue weighted by Gasteiger charge is 2.20. The number of allylic oxidation sites excluding steroid dienone is 2. The van der Waals surface area contributed by atoms with Crippen molar-refractivity contribution in [3.8, 4) is 0 Å². The molecule has 23 heavy (non-hydrogen) atoms. The highest BCUT2D eigenvalue weighted by Crippen LogP contribution is 2.36. The number of anilines is 1. The van der Waals surface area contributed by atoms with Crippen molar-refractivity contribution < 1.29 is 5.11 Å². The summed E-state index contributed by atoms with van der Waals surface area (Å²) in [4.78, 5) is 13.8. The van der Waals surface area contributed by atoms with Crippen LogP contribution in [0.15, 0.2) is 29.9 Å². The van der Waals surface area contributed by atoms with Gasteiger partial charge in [-0.05, 0) is 19.0 Å². The van der Waals surface area contributed by atoms with E-state index in [2.05, 4.69) is 38.3 Å². The molecule has 0 aromatic carbocycles. The first-order valence-corrected chi connectivity index (χ1v) is 8.83. The number of hydrogen-bond donors (Lipinski definition) is 1. The smallest absolute Gasteiger partial charge is 0.150 e. The highest BCUT2D eigenvalue weighted by atomic mass is 32.1. The van der Waals surface area contributed by atoms with E-state index in [-0.39, 0.29) is 6.10 Å². The average molecular weight is 328 g/mol. The van der Waals surface area contributed by atoms with E-state index in [0.717, 1.165) is 53.4 Å². The number of fused-ring (bicyclic) bond motifs is 1. The second-order valence-electron chi connectivity index (χ2n) is 6.14. The predicted molar refractivity (Wildman–Crippen MR) is 94.9 cm³/mol. The Morgan fingerprint density at radius 2 is 2.04 bits per heavy atom. The summed E-state index contributed by atoms with van der Waals surface area (Å²) >= 11 is 1.71. The summed E-state index contributed by atoms with van der Waals surface area (Å²) in [7, 11) is 2.16. The summed E-state index contributed by atoms with van der Waals surface area (Å²) < 4.78 is 1.16. The van der Waals surface area contributed by atoms with Crippen molar-refractivity contribution in [3.63, 3.8) is 0 Å². The van der Waals surface area contributed by atoms with Gasteiger partial charge in [0.15, 0.2) is 0 Å². The molecule has 0 saturated carbocycles. The van der Waals surface area contributed by atoms with E-state index in [4.69, 9.17) is 0 Å². The van der Waals surface area contributed by atoms with Gasteiger partial charge in [-0.1, -0.05) is 18.2 Å². The molecule has 1 unspecified atom stereocenters. The van der Waals surface area contributed by atoms with E-state index in [1.165, 1.54) is 0 Å². The van der Waals surface area contributed by atoms with E-state index < -0.39 is 0 Å². The van der Waals surface area contributed by atoms with Crippen LogP contribution in [0.5, 0.6) is 0 Å². The number of likely N-dealkylation sites (N-methyl/N-ethyl adjacent to an activating group) is 1. The minimum atomic E-state index is -0.362. The lowest BCUT2D eigenvalue weighted by Gasteiger charge is -2.33. The van der Waals surface area contributed by atoms with Crippen LogP contribution in [0.3, 0.4) is 0 Å². The van der Waals surface area contributed by atoms with E-state index in [1.54, 1.807) is 17.7 Å². The summed E-state index contributed by atoms with van der Waals surface area (Å²) in [5.41, 5.74) is 3.31. The molecule has 1 saturated heterocycles. The third-order valence-electron chi connectivity index (χ3n) is 4.53. The Labute approximate surface area is 139 Å². The van der Waals surface area contributed by atoms with Gasteiger partial charge in [0.25, 0.3) is 0 Å². The predicted octanol–water partition coefficient (Wildman–Crippen LogP) is 2.15. The van der Waals surface area contributed by atoms with E-state index in [9.17, 15) is 5.11 Å². The number of thiophene rings is 1. The lowest BCUT2D eigenvalue weighted by atomic mass is 10.00. The lowest BCUT2D eigenvalue weighted by Crippen LogP contribution is -2.44. The van der Waals surface area contributed by atoms with Crippen LogP contribution in [-0.2, 0) is 0 Å². The largest absolute Gasteiger partial charge is 0.389 e. The van der Waals surface area contributed by atoms with Crippen molar-refractivity contribution in [2.75, 3.05) is 38.1 Å². The number of piperazine rings is 1. The third kappa shape index (κ3) is 2.78. The molecule has 3 heterocycles. The van der Waals surface area contributed by atoms with Gasteiger partial charge in [-0.25, -0.2) is 9.97 Å². The Morgan fingerprint density at radius 1 is 1.22 bits per heavy atom. The molecule has 1 aliphatic carbocycles. The highest BCUT2D eigenvalue weighted by molar-refractivity contribution is 7.18. The van der Waals surface area contributed by atoms with E-state index in [0.29, 0.717) is 6.42 Å². The van der Waals surface area contributed by atoms with Gasteiger partial charge in [-0.15, -0.1) is 11.3 Å². The van der Waals surface area contributed by atoms with Gasteiger partial charge in [-0.3, -0.25) is 0 Å². The molecule has 0 radical (unpaired) electrons. The standard InChI is InChI=1S/C17H20N4OS/c1-20-6-8-21(9-7-20)17-16-15(18-11-19-17)14(10-23-16)12-2-4-13(22)5-3-12/h2-4,10-11,13,22H,5-9H2,1H3. The Morgan fingerprint density at radius 3 is 2.78 bits per heavy atom. The van der Waals surface area contributed by atoms with Crippen molar-refractivity contribution in [2.45, 2.75) is 12.5 Å². The van der Waals surface area contributed by atoms with Gasteiger partial charge in [-0.2, -0.15) is 0 Å². The summed E-state index contributed by atoms with van der Waals surface area (Å²) in [6, 6.07) is 0. The van der Waals surface area contributed by atoms with Crippen LogP contribution in [0, 0.1) is 0 Å². The second kappa shape index (κ2) is 6.03. The molecule has 2 aromatic rings. The normalized spacial score (nSPS) is 22.6. The summed E-state index contributed by atoms with van der Waals surface area (Å²) in [5, 5.41) is 11.8. The number of aliphatic hydroxyl groups is 1. The number of rotatable bonds is 2. The van der Waals surface area contributed by atoms with Gasteiger partial charge in [0.05, 0.1) is 16.3 Å². The Balaban J connectivity index is 1.71. The van der Waals surface area contributed by atoms with Crippen LogP contribution in [0.1, 0.15) is 12.0 Å². The zero-order valence-corrected chi connectivity index (χ0v) is 14.0. The van der Waals surface area contributed by atoms with Crippen LogP contribution in [0.25, 0.3) is 15.8 Å². The number of aromatic nitrogens is 2. The fraction of sp³-hybridized carbons (Fsp3) is 0.412. The van der Waals surface area contributed by atoms with Gasteiger partial charge >= 0.3 is 0 Å². The molecule has 1 fully saturated rings. The Bertz CT molecular complexity index is 774. The third-order valence-corrected chi connectivity index (χ3v) is 5.49. The first-order chi connectivity index (χ1) is 11.2. The zero-order valence-electron chi connectivity index (χ0n) is 13.1. The molecule has 0 amide bonds. The average Bonchev–Trinajstić information content (AvgIpc) is 3.00. The molecule has 0 spiro atoms. The molecule has 2 aliphatic rings. The van der Waals surface area contributed by atoms with Gasteiger partial charge in [0.2, 0.25) is 0 Å². The summed E-state index contributed by atoms with van der Waals surface area (Å²) in [5.74, 6) is 1.06. The van der Waals surface area contributed by atoms with E-state index >= 15 is 0 Å². The van der Waals surface area contributed by atoms with Crippen molar-refractivity contribution in [1.29, 1.82) is 0 Å². The number of aliphatic hydroxyl groups excluding tert-OH is 1. The topological polar surface area (TPSA) is 52.5 Å². The van der Waals surface area contributed by atoms with Gasteiger partial charge in [0.1, 0.15) is 12.1 Å². The molecule has 1 N–H and O–H groups in total. The van der Waals surface area contributed by atoms with Crippen LogP contribution >= 0.6 is 11.3 Å². The minimum Gasteiger partial charge on any atom is -0.389 e. The van der Waals surface area contributed by atoms with Crippen molar-refractivity contribution >= 4 is 32.9 Å². The Hall–Kier alpha value is -1.76. The first kappa shape index (κ1) is 14.8. The van der Waals surface area contributed by atoms with Crippen LogP contribution in [0.2, 0.25) is 0 Å². The SMILES string of the molecule is CN1CCN(c2ncnc3c(C4=CCC(O)C=C4)csc23)CC1. The lowest BCUT2D eigenvalue weighted by molar-refractivity contribution is 0.226. The van der Waals surface area contributed by atoms with Crippen LogP contribution in [-0.4, -0.2) is 59.3 Å². The fourth-order valence-corrected chi connectivity index (χ4v) is 4.14. The maximum absolute atomic E-state index is 9.61. The first-order valence-electron chi connectivity index (χ1n) is 7.95. The molecule has 1 atom stereocenters. The second-order valence-corrected chi connectivity index (χ2v) is 7.02. The molecule has 0 bridgehead atoms. The zero-order chi connectivity index (χ0) is 15.8. The van der Waals surface area contributed by atoms with Crippen molar-refractivity contribution in [1.82, 2.24) is 14.9 Å². The van der Waals surface area contributed by atoms with Gasteiger partial charge < -0.3 is 14.9 Å². The summed E-state index contributed by atoms with van der Waals surface area (Å²) in [6.45, 7) is 4.14. The minimum absolute atomic E-state index is 0.362. The maximum atomic E-state index is 9.61. The molecule has 5 nitrogen and oxygen atoms in total. The maximum Gasteiger partial charge on any atom is 0.150 e. The molecule has 4 rings (SSSR count). The molecular weight excluding hydrogens is 308 g/mol. The number of hydrogen-bond acceptors (Lipinski definition) is 6. The monoisotopic (exact) mass is 328 g/mol. The molecule has 2 aromatic heterocycles. The number of nitrogens with zero attached hydrogens (tertiary/aromatic N) is 4. The van der Waals surface area contributed by atoms with Crippen molar-refractivity contribution in [2.24, 2.45) is 0 Å². The molecule has 1 aliphatic heterocycles. The van der Waals surface area contributed by atoms with Crippen LogP contribution in [0.4, 0.5) is 5.82 Å². The Kier molecular flexibility index (Phi) is 3.88. The fourth-order valence-electron chi connectivity index (χ4n) is 3.10. The molecule has 120 valence electrons. The van der Waals surface area contributed by atoms with Crippen molar-refractivity contribution in [3.05, 3.63) is 35.5 Å². The summed E-state index contributed by atoms with van der Waals surface area (Å²) in [6.07, 6.45) is 7.91. The van der Waals surface area contributed by atoms with Crippen LogP contribution < -0.4 is 4.90 Å². The van der Waals surface area contributed by atoms with Gasteiger partial charge in [0, 0.05) is 37.1 Å². The molecular formula is C17H20N4OS. The van der Waals surface area contributed by atoms with E-state index in [1.807, 2.05) is 12.2 Å². The molecule has 6 heteroatoms. The quantitative estimate of drug-likeness (QED) is 0.915.